The predicted molar refractivity (Wildman–Crippen MR) is 126 cm³/mol. The molecule has 0 aliphatic carbocycles. The molecule has 8 heteroatoms. The highest BCUT2D eigenvalue weighted by Crippen LogP contribution is 2.43. The molecular weight excluding hydrogens is 450 g/mol. The van der Waals surface area contributed by atoms with E-state index in [9.17, 15) is 9.18 Å². The molecule has 0 saturated heterocycles. The number of rotatable bonds is 5. The average molecular weight is 473 g/mol. The minimum absolute atomic E-state index is 0.153. The van der Waals surface area contributed by atoms with E-state index in [1.807, 2.05) is 19.9 Å². The predicted octanol–water partition coefficient (Wildman–Crippen LogP) is 6.50. The second-order valence-corrected chi connectivity index (χ2v) is 8.49. The quantitative estimate of drug-likeness (QED) is 0.425. The van der Waals surface area contributed by atoms with E-state index >= 15 is 0 Å². The second-order valence-electron chi connectivity index (χ2n) is 7.73. The largest absolute Gasteiger partial charge is 0.330 e. The molecule has 3 aromatic rings. The van der Waals surface area contributed by atoms with E-state index in [2.05, 4.69) is 9.97 Å². The van der Waals surface area contributed by atoms with Crippen molar-refractivity contribution < 1.29 is 9.18 Å². The number of halogens is 3. The van der Waals surface area contributed by atoms with Crippen LogP contribution < -0.4 is 9.80 Å². The van der Waals surface area contributed by atoms with Gasteiger partial charge in [-0.3, -0.25) is 9.80 Å². The molecule has 2 aromatic carbocycles. The smallest absolute Gasteiger partial charge is 0.286 e. The van der Waals surface area contributed by atoms with Crippen molar-refractivity contribution in [2.75, 3.05) is 9.80 Å². The van der Waals surface area contributed by atoms with Gasteiger partial charge in [0.1, 0.15) is 17.5 Å². The highest BCUT2D eigenvalue weighted by molar-refractivity contribution is 6.41. The number of nitrogens with zero attached hydrogens (tertiary/aromatic N) is 4. The number of urea groups is 1. The van der Waals surface area contributed by atoms with Crippen LogP contribution in [-0.2, 0) is 25.9 Å². The number of anilines is 2. The molecule has 0 atom stereocenters. The maximum atomic E-state index is 13.8. The molecule has 1 aromatic heterocycles. The molecular formula is C24H23Cl2FN4O. The summed E-state index contributed by atoms with van der Waals surface area (Å²) in [6.45, 7) is 6.18. The van der Waals surface area contributed by atoms with Crippen LogP contribution in [0.25, 0.3) is 0 Å². The molecule has 0 spiro atoms. The lowest BCUT2D eigenvalue weighted by Crippen LogP contribution is -2.48. The van der Waals surface area contributed by atoms with Crippen molar-refractivity contribution in [1.29, 1.82) is 0 Å². The van der Waals surface area contributed by atoms with Crippen molar-refractivity contribution in [2.24, 2.45) is 0 Å². The van der Waals surface area contributed by atoms with Crippen molar-refractivity contribution in [1.82, 2.24) is 9.97 Å². The van der Waals surface area contributed by atoms with E-state index < -0.39 is 0 Å². The third kappa shape index (κ3) is 4.05. The van der Waals surface area contributed by atoms with Crippen molar-refractivity contribution >= 4 is 40.7 Å². The number of fused-ring (bicyclic) bond motifs is 1. The summed E-state index contributed by atoms with van der Waals surface area (Å²) >= 11 is 13.5. The summed E-state index contributed by atoms with van der Waals surface area (Å²) in [7, 11) is 0. The number of hydrogen-bond acceptors (Lipinski definition) is 3. The third-order valence-corrected chi connectivity index (χ3v) is 6.44. The lowest BCUT2D eigenvalue weighted by molar-refractivity contribution is 0.249. The minimum atomic E-state index is -0.364. The van der Waals surface area contributed by atoms with Crippen LogP contribution in [0.15, 0.2) is 36.5 Å². The molecule has 1 aliphatic rings. The molecule has 0 N–H and O–H groups in total. The van der Waals surface area contributed by atoms with E-state index in [1.165, 1.54) is 17.0 Å². The first kappa shape index (κ1) is 22.5. The third-order valence-electron chi connectivity index (χ3n) is 5.60. The standard InChI is InChI=1S/C24H23Cl2FN4O/c1-4-16-10-17(5-2)21(26)22(20(16)25)30-13-18-11-28-14(3)29-23(18)31(24(30)32)12-15-7-6-8-19(27)9-15/h6-11H,4-5,12-13H2,1-3H3. The highest BCUT2D eigenvalue weighted by atomic mass is 35.5. The molecule has 32 heavy (non-hydrogen) atoms. The Kier molecular flexibility index (Phi) is 6.35. The lowest BCUT2D eigenvalue weighted by atomic mass is 10.0. The molecule has 0 bridgehead atoms. The Labute approximate surface area is 196 Å². The van der Waals surface area contributed by atoms with Crippen LogP contribution in [0.2, 0.25) is 10.0 Å². The molecule has 0 unspecified atom stereocenters. The van der Waals surface area contributed by atoms with Gasteiger partial charge in [0, 0.05) is 11.8 Å². The maximum absolute atomic E-state index is 13.8. The number of aromatic nitrogens is 2. The SMILES string of the molecule is CCc1cc(CC)c(Cl)c(N2Cc3cnc(C)nc3N(Cc3cccc(F)c3)C2=O)c1Cl. The molecule has 4 rings (SSSR count). The van der Waals surface area contributed by atoms with Crippen LogP contribution in [0.5, 0.6) is 0 Å². The van der Waals surface area contributed by atoms with Gasteiger partial charge in [-0.05, 0) is 48.6 Å². The molecule has 0 radical (unpaired) electrons. The van der Waals surface area contributed by atoms with Gasteiger partial charge >= 0.3 is 6.03 Å². The van der Waals surface area contributed by atoms with Crippen molar-refractivity contribution in [3.05, 3.63) is 80.5 Å². The van der Waals surface area contributed by atoms with Gasteiger partial charge in [-0.1, -0.05) is 55.2 Å². The topological polar surface area (TPSA) is 49.3 Å². The molecule has 0 saturated carbocycles. The first-order valence-electron chi connectivity index (χ1n) is 10.5. The van der Waals surface area contributed by atoms with Crippen molar-refractivity contribution in [2.45, 2.75) is 46.7 Å². The van der Waals surface area contributed by atoms with Gasteiger partial charge in [0.05, 0.1) is 28.8 Å². The van der Waals surface area contributed by atoms with Gasteiger partial charge in [0.2, 0.25) is 0 Å². The fourth-order valence-corrected chi connectivity index (χ4v) is 4.74. The van der Waals surface area contributed by atoms with E-state index in [1.54, 1.807) is 30.2 Å². The van der Waals surface area contributed by atoms with Crippen LogP contribution in [0.3, 0.4) is 0 Å². The fraction of sp³-hybridized carbons (Fsp3) is 0.292. The summed E-state index contributed by atoms with van der Waals surface area (Å²) in [5, 5.41) is 0.926. The summed E-state index contributed by atoms with van der Waals surface area (Å²) in [5.74, 6) is 0.696. The summed E-state index contributed by atoms with van der Waals surface area (Å²) < 4.78 is 13.8. The second kappa shape index (κ2) is 9.04. The molecule has 5 nitrogen and oxygen atoms in total. The van der Waals surface area contributed by atoms with Crippen LogP contribution in [0.1, 0.15) is 41.9 Å². The van der Waals surface area contributed by atoms with Crippen LogP contribution >= 0.6 is 23.2 Å². The van der Waals surface area contributed by atoms with E-state index in [0.717, 1.165) is 16.7 Å². The number of carbonyl (C=O) groups is 1. The Bertz CT molecular complexity index is 1170. The number of aryl methyl sites for hydroxylation is 3. The summed E-state index contributed by atoms with van der Waals surface area (Å²) in [6, 6.07) is 7.85. The van der Waals surface area contributed by atoms with Crippen molar-refractivity contribution in [3.63, 3.8) is 0 Å². The molecule has 2 amide bonds. The molecule has 166 valence electrons. The monoisotopic (exact) mass is 472 g/mol. The molecule has 2 heterocycles. The van der Waals surface area contributed by atoms with E-state index in [0.29, 0.717) is 45.8 Å². The van der Waals surface area contributed by atoms with Gasteiger partial charge < -0.3 is 0 Å². The minimum Gasteiger partial charge on any atom is -0.286 e. The van der Waals surface area contributed by atoms with Crippen molar-refractivity contribution in [3.8, 4) is 0 Å². The van der Waals surface area contributed by atoms with Crippen LogP contribution in [0.4, 0.5) is 20.7 Å². The summed E-state index contributed by atoms with van der Waals surface area (Å²) in [6.07, 6.45) is 3.13. The zero-order valence-electron chi connectivity index (χ0n) is 18.1. The zero-order chi connectivity index (χ0) is 23.0. The normalized spacial score (nSPS) is 13.5. The van der Waals surface area contributed by atoms with E-state index in [4.69, 9.17) is 23.2 Å². The van der Waals surface area contributed by atoms with Gasteiger partial charge in [0.15, 0.2) is 0 Å². The fourth-order valence-electron chi connectivity index (χ4n) is 3.93. The Balaban J connectivity index is 1.86. The maximum Gasteiger partial charge on any atom is 0.330 e. The van der Waals surface area contributed by atoms with E-state index in [-0.39, 0.29) is 24.9 Å². The number of hydrogen-bond donors (Lipinski definition) is 0. The first-order chi connectivity index (χ1) is 15.3. The Hall–Kier alpha value is -2.70. The first-order valence-corrected chi connectivity index (χ1v) is 11.2. The molecule has 0 fully saturated rings. The van der Waals surface area contributed by atoms with Gasteiger partial charge in [-0.25, -0.2) is 19.2 Å². The van der Waals surface area contributed by atoms with Crippen LogP contribution in [0, 0.1) is 12.7 Å². The Morgan fingerprint density at radius 2 is 1.78 bits per heavy atom. The summed E-state index contributed by atoms with van der Waals surface area (Å²) in [4.78, 5) is 25.7. The Morgan fingerprint density at radius 3 is 2.41 bits per heavy atom. The number of carbonyl (C=O) groups excluding carboxylic acids is 1. The van der Waals surface area contributed by atoms with Crippen LogP contribution in [-0.4, -0.2) is 16.0 Å². The molecule has 1 aliphatic heterocycles. The van der Waals surface area contributed by atoms with Gasteiger partial charge in [-0.15, -0.1) is 0 Å². The summed E-state index contributed by atoms with van der Waals surface area (Å²) in [5.41, 5.74) is 3.76. The average Bonchev–Trinajstić information content (AvgIpc) is 2.77. The highest BCUT2D eigenvalue weighted by Gasteiger charge is 2.35. The van der Waals surface area contributed by atoms with Gasteiger partial charge in [-0.2, -0.15) is 0 Å². The zero-order valence-corrected chi connectivity index (χ0v) is 19.6. The number of benzene rings is 2. The Morgan fingerprint density at radius 1 is 1.09 bits per heavy atom. The van der Waals surface area contributed by atoms with Gasteiger partial charge in [0.25, 0.3) is 0 Å². The lowest BCUT2D eigenvalue weighted by Gasteiger charge is -2.37. The number of amides is 2.